The molecule has 0 bridgehead atoms. The smallest absolute Gasteiger partial charge is 0.0446 e. The molecule has 0 amide bonds. The minimum Gasteiger partial charge on any atom is -0.328 e. The van der Waals surface area contributed by atoms with Crippen molar-refractivity contribution >= 4 is 11.6 Å². The fourth-order valence-corrected chi connectivity index (χ4v) is 3.34. The Morgan fingerprint density at radius 2 is 1.79 bits per heavy atom. The van der Waals surface area contributed by atoms with E-state index >= 15 is 0 Å². The molecular weight excluding hydrogens is 256 g/mol. The van der Waals surface area contributed by atoms with Crippen LogP contribution < -0.4 is 11.5 Å². The summed E-state index contributed by atoms with van der Waals surface area (Å²) in [5.41, 5.74) is 14.7. The number of hydrogen-bond donors (Lipinski definition) is 2. The van der Waals surface area contributed by atoms with Crippen molar-refractivity contribution in [3.05, 3.63) is 34.3 Å². The monoisotopic (exact) mass is 280 g/mol. The maximum atomic E-state index is 6.56. The lowest BCUT2D eigenvalue weighted by atomic mass is 9.75. The van der Waals surface area contributed by atoms with Crippen LogP contribution in [-0.2, 0) is 11.0 Å². The third-order valence-corrected chi connectivity index (χ3v) is 4.59. The number of benzene rings is 1. The van der Waals surface area contributed by atoms with Gasteiger partial charge in [0.25, 0.3) is 0 Å². The van der Waals surface area contributed by atoms with Crippen molar-refractivity contribution in [1.29, 1.82) is 0 Å². The van der Waals surface area contributed by atoms with Gasteiger partial charge >= 0.3 is 0 Å². The standard InChI is InChI=1S/C16H25ClN2/c1-15(2,3)13-5-4-11(10-14(13)17)16(19)8-6-12(18)7-9-16/h4-5,10,12H,6-9,18-19H2,1-3H3. The van der Waals surface area contributed by atoms with Crippen molar-refractivity contribution in [2.24, 2.45) is 11.5 Å². The fraction of sp³-hybridized carbons (Fsp3) is 0.625. The van der Waals surface area contributed by atoms with Gasteiger partial charge in [0.2, 0.25) is 0 Å². The van der Waals surface area contributed by atoms with Gasteiger partial charge in [-0.15, -0.1) is 0 Å². The number of rotatable bonds is 1. The van der Waals surface area contributed by atoms with Crippen molar-refractivity contribution < 1.29 is 0 Å². The minimum absolute atomic E-state index is 0.0618. The molecule has 1 aromatic rings. The first kappa shape index (κ1) is 14.8. The van der Waals surface area contributed by atoms with Crippen molar-refractivity contribution in [2.75, 3.05) is 0 Å². The van der Waals surface area contributed by atoms with Crippen LogP contribution in [0.25, 0.3) is 0 Å². The van der Waals surface area contributed by atoms with Crippen molar-refractivity contribution in [3.63, 3.8) is 0 Å². The Bertz CT molecular complexity index is 454. The van der Waals surface area contributed by atoms with E-state index in [9.17, 15) is 0 Å². The van der Waals surface area contributed by atoms with Gasteiger partial charge in [-0.25, -0.2) is 0 Å². The van der Waals surface area contributed by atoms with Gasteiger partial charge in [-0.3, -0.25) is 0 Å². The molecule has 1 saturated carbocycles. The van der Waals surface area contributed by atoms with Crippen LogP contribution in [0.1, 0.15) is 57.6 Å². The largest absolute Gasteiger partial charge is 0.328 e. The zero-order valence-electron chi connectivity index (χ0n) is 12.2. The highest BCUT2D eigenvalue weighted by molar-refractivity contribution is 6.31. The van der Waals surface area contributed by atoms with E-state index in [4.69, 9.17) is 23.1 Å². The molecule has 0 saturated heterocycles. The predicted octanol–water partition coefficient (Wildman–Crippen LogP) is 3.69. The van der Waals surface area contributed by atoms with Crippen molar-refractivity contribution in [3.8, 4) is 0 Å². The van der Waals surface area contributed by atoms with E-state index in [2.05, 4.69) is 39.0 Å². The molecule has 3 heteroatoms. The maximum absolute atomic E-state index is 6.56. The average molecular weight is 281 g/mol. The average Bonchev–Trinajstić information content (AvgIpc) is 2.31. The summed E-state index contributed by atoms with van der Waals surface area (Å²) in [5, 5.41) is 0.824. The second-order valence-electron chi connectivity index (χ2n) is 6.94. The molecule has 106 valence electrons. The van der Waals surface area contributed by atoms with Crippen LogP contribution in [0.2, 0.25) is 5.02 Å². The first-order valence-electron chi connectivity index (χ1n) is 7.07. The molecule has 0 aromatic heterocycles. The summed E-state index contributed by atoms with van der Waals surface area (Å²) in [6, 6.07) is 6.63. The van der Waals surface area contributed by atoms with E-state index in [0.717, 1.165) is 36.3 Å². The van der Waals surface area contributed by atoms with E-state index in [1.165, 1.54) is 5.56 Å². The summed E-state index contributed by atoms with van der Waals surface area (Å²) >= 11 is 6.44. The highest BCUT2D eigenvalue weighted by Crippen LogP contribution is 2.38. The fourth-order valence-electron chi connectivity index (χ4n) is 2.88. The van der Waals surface area contributed by atoms with Gasteiger partial charge in [0.05, 0.1) is 0 Å². The van der Waals surface area contributed by atoms with E-state index in [1.807, 2.05) is 0 Å². The number of hydrogen-bond acceptors (Lipinski definition) is 2. The molecule has 0 unspecified atom stereocenters. The molecule has 19 heavy (non-hydrogen) atoms. The lowest BCUT2D eigenvalue weighted by Gasteiger charge is -2.37. The van der Waals surface area contributed by atoms with Crippen LogP contribution in [0.4, 0.5) is 0 Å². The number of nitrogens with two attached hydrogens (primary N) is 2. The normalized spacial score (nSPS) is 28.4. The summed E-state index contributed by atoms with van der Waals surface area (Å²) < 4.78 is 0. The first-order chi connectivity index (χ1) is 8.72. The lowest BCUT2D eigenvalue weighted by Crippen LogP contribution is -2.43. The summed E-state index contributed by atoms with van der Waals surface area (Å²) in [5.74, 6) is 0. The van der Waals surface area contributed by atoms with Gasteiger partial charge in [0.15, 0.2) is 0 Å². The maximum Gasteiger partial charge on any atom is 0.0446 e. The number of halogens is 1. The molecule has 0 heterocycles. The van der Waals surface area contributed by atoms with Gasteiger partial charge in [0.1, 0.15) is 0 Å². The molecule has 4 N–H and O–H groups in total. The van der Waals surface area contributed by atoms with E-state index in [1.54, 1.807) is 0 Å². The molecule has 1 aliphatic rings. The van der Waals surface area contributed by atoms with Crippen molar-refractivity contribution in [1.82, 2.24) is 0 Å². The van der Waals surface area contributed by atoms with Crippen LogP contribution in [-0.4, -0.2) is 6.04 Å². The molecule has 0 radical (unpaired) electrons. The molecule has 1 fully saturated rings. The SMILES string of the molecule is CC(C)(C)c1ccc(C2(N)CCC(N)CC2)cc1Cl. The van der Waals surface area contributed by atoms with Gasteiger partial charge in [-0.2, -0.15) is 0 Å². The minimum atomic E-state index is -0.254. The van der Waals surface area contributed by atoms with Crippen LogP contribution >= 0.6 is 11.6 Å². The Morgan fingerprint density at radius 1 is 1.21 bits per heavy atom. The predicted molar refractivity (Wildman–Crippen MR) is 82.5 cm³/mol. The second-order valence-corrected chi connectivity index (χ2v) is 7.35. The Hall–Kier alpha value is -0.570. The van der Waals surface area contributed by atoms with E-state index in [-0.39, 0.29) is 11.0 Å². The van der Waals surface area contributed by atoms with E-state index < -0.39 is 0 Å². The molecule has 1 aromatic carbocycles. The van der Waals surface area contributed by atoms with Crippen LogP contribution in [0.3, 0.4) is 0 Å². The zero-order valence-corrected chi connectivity index (χ0v) is 12.9. The van der Waals surface area contributed by atoms with Crippen LogP contribution in [0, 0.1) is 0 Å². The molecule has 0 atom stereocenters. The highest BCUT2D eigenvalue weighted by atomic mass is 35.5. The van der Waals surface area contributed by atoms with E-state index in [0.29, 0.717) is 6.04 Å². The zero-order chi connectivity index (χ0) is 14.3. The molecule has 0 aliphatic heterocycles. The van der Waals surface area contributed by atoms with Gasteiger partial charge in [-0.05, 0) is 48.3 Å². The third kappa shape index (κ3) is 3.13. The summed E-state index contributed by atoms with van der Waals surface area (Å²) in [6.07, 6.45) is 3.88. The molecule has 2 rings (SSSR count). The quantitative estimate of drug-likeness (QED) is 0.824. The van der Waals surface area contributed by atoms with Crippen molar-refractivity contribution in [2.45, 2.75) is 63.5 Å². The van der Waals surface area contributed by atoms with Crippen LogP contribution in [0.15, 0.2) is 18.2 Å². The molecule has 1 aliphatic carbocycles. The highest BCUT2D eigenvalue weighted by Gasteiger charge is 2.32. The first-order valence-corrected chi connectivity index (χ1v) is 7.45. The summed E-state index contributed by atoms with van der Waals surface area (Å²) in [4.78, 5) is 0. The third-order valence-electron chi connectivity index (χ3n) is 4.27. The van der Waals surface area contributed by atoms with Gasteiger partial charge in [-0.1, -0.05) is 44.5 Å². The topological polar surface area (TPSA) is 52.0 Å². The summed E-state index contributed by atoms with van der Waals surface area (Å²) in [6.45, 7) is 6.52. The molecular formula is C16H25ClN2. The second kappa shape index (κ2) is 5.08. The van der Waals surface area contributed by atoms with Crippen LogP contribution in [0.5, 0.6) is 0 Å². The Balaban J connectivity index is 2.30. The lowest BCUT2D eigenvalue weighted by molar-refractivity contribution is 0.277. The summed E-state index contributed by atoms with van der Waals surface area (Å²) in [7, 11) is 0. The Morgan fingerprint density at radius 3 is 2.26 bits per heavy atom. The molecule has 0 spiro atoms. The molecule has 2 nitrogen and oxygen atoms in total. The van der Waals surface area contributed by atoms with Gasteiger partial charge < -0.3 is 11.5 Å². The van der Waals surface area contributed by atoms with Gasteiger partial charge in [0, 0.05) is 16.6 Å². The Kier molecular flexibility index (Phi) is 3.97. The Labute approximate surface area is 121 Å².